The number of rotatable bonds is 11. The van der Waals surface area contributed by atoms with Gasteiger partial charge in [0.2, 0.25) is 0 Å². The number of allylic oxidation sites excluding steroid dienone is 5. The number of likely N-dealkylation sites (tertiary alicyclic amines) is 1. The number of cyclic esters (lactones) is 1. The van der Waals surface area contributed by atoms with E-state index >= 15 is 0 Å². The van der Waals surface area contributed by atoms with Crippen molar-refractivity contribution in [1.82, 2.24) is 4.90 Å². The Bertz CT molecular complexity index is 710. The number of hydrogen-bond acceptors (Lipinski definition) is 4. The first kappa shape index (κ1) is 24.5. The molecule has 0 aromatic rings. The lowest BCUT2D eigenvalue weighted by Crippen LogP contribution is -2.36. The molecule has 0 aromatic carbocycles. The first-order valence-electron chi connectivity index (χ1n) is 11.5. The van der Waals surface area contributed by atoms with Gasteiger partial charge in [0, 0.05) is 20.1 Å². The van der Waals surface area contributed by atoms with E-state index in [9.17, 15) is 4.79 Å². The molecule has 0 aromatic heterocycles. The highest BCUT2D eigenvalue weighted by molar-refractivity contribution is 5.91. The fraction of sp³-hybridized carbons (Fsp3) is 0.654. The van der Waals surface area contributed by atoms with E-state index in [-0.39, 0.29) is 12.1 Å². The Hall–Kier alpha value is -1.81. The van der Waals surface area contributed by atoms with Gasteiger partial charge in [-0.25, -0.2) is 4.79 Å². The minimum atomic E-state index is -0.168. The highest BCUT2D eigenvalue weighted by Gasteiger charge is 2.38. The van der Waals surface area contributed by atoms with Crippen molar-refractivity contribution in [3.8, 4) is 0 Å². The highest BCUT2D eigenvalue weighted by Crippen LogP contribution is 2.34. The molecule has 0 N–H and O–H groups in total. The topological polar surface area (TPSA) is 38.8 Å². The molecule has 1 unspecified atom stereocenters. The van der Waals surface area contributed by atoms with Gasteiger partial charge in [0.15, 0.2) is 0 Å². The largest absolute Gasteiger partial charge is 0.452 e. The van der Waals surface area contributed by atoms with E-state index in [2.05, 4.69) is 50.8 Å². The van der Waals surface area contributed by atoms with Crippen LogP contribution in [0.15, 0.2) is 46.2 Å². The number of carbonyl (C=O) groups excluding carboxylic acids is 1. The van der Waals surface area contributed by atoms with Crippen LogP contribution in [0.4, 0.5) is 0 Å². The maximum atomic E-state index is 12.3. The van der Waals surface area contributed by atoms with Crippen molar-refractivity contribution >= 4 is 5.97 Å². The molecule has 2 aliphatic heterocycles. The molecule has 2 atom stereocenters. The zero-order valence-electron chi connectivity index (χ0n) is 19.9. The number of nitrogens with zero attached hydrogens (tertiary/aromatic N) is 1. The molecule has 0 saturated carbocycles. The Labute approximate surface area is 183 Å². The second-order valence-corrected chi connectivity index (χ2v) is 9.04. The van der Waals surface area contributed by atoms with Crippen molar-refractivity contribution in [2.75, 3.05) is 20.3 Å². The lowest BCUT2D eigenvalue weighted by atomic mass is 10.0. The fourth-order valence-corrected chi connectivity index (χ4v) is 4.35. The average Bonchev–Trinajstić information content (AvgIpc) is 3.24. The Balaban J connectivity index is 1.90. The highest BCUT2D eigenvalue weighted by atomic mass is 16.5. The van der Waals surface area contributed by atoms with Crippen LogP contribution in [0.1, 0.15) is 79.6 Å². The molecular formula is C26H41NO3. The molecular weight excluding hydrogens is 374 g/mol. The van der Waals surface area contributed by atoms with Crippen LogP contribution >= 0.6 is 0 Å². The summed E-state index contributed by atoms with van der Waals surface area (Å²) in [5.74, 6) is -0.168. The summed E-state index contributed by atoms with van der Waals surface area (Å²) >= 11 is 0. The maximum absolute atomic E-state index is 12.3. The normalized spacial score (nSPS) is 22.7. The number of esters is 1. The number of ether oxygens (including phenoxy) is 2. The maximum Gasteiger partial charge on any atom is 0.336 e. The van der Waals surface area contributed by atoms with Gasteiger partial charge in [-0.05, 0) is 73.1 Å². The van der Waals surface area contributed by atoms with Crippen LogP contribution < -0.4 is 0 Å². The van der Waals surface area contributed by atoms with E-state index < -0.39 is 0 Å². The van der Waals surface area contributed by atoms with Crippen molar-refractivity contribution < 1.29 is 14.3 Å². The summed E-state index contributed by atoms with van der Waals surface area (Å²) in [6.45, 7) is 12.3. The van der Waals surface area contributed by atoms with Crippen molar-refractivity contribution in [3.05, 3.63) is 46.2 Å². The van der Waals surface area contributed by atoms with E-state index in [0.29, 0.717) is 12.6 Å². The molecule has 2 aliphatic rings. The van der Waals surface area contributed by atoms with Gasteiger partial charge in [0.05, 0.1) is 23.9 Å². The van der Waals surface area contributed by atoms with Gasteiger partial charge in [-0.3, -0.25) is 0 Å². The van der Waals surface area contributed by atoms with Gasteiger partial charge < -0.3 is 14.4 Å². The predicted molar refractivity (Wildman–Crippen MR) is 124 cm³/mol. The molecule has 0 spiro atoms. The molecule has 1 fully saturated rings. The molecule has 2 heterocycles. The molecule has 1 saturated heterocycles. The molecule has 30 heavy (non-hydrogen) atoms. The monoisotopic (exact) mass is 415 g/mol. The lowest BCUT2D eigenvalue weighted by molar-refractivity contribution is -0.139. The molecule has 168 valence electrons. The first-order chi connectivity index (χ1) is 14.3. The summed E-state index contributed by atoms with van der Waals surface area (Å²) in [7, 11) is 1.75. The van der Waals surface area contributed by atoms with Crippen LogP contribution in [0.3, 0.4) is 0 Å². The van der Waals surface area contributed by atoms with Crippen molar-refractivity contribution in [2.45, 2.75) is 91.7 Å². The van der Waals surface area contributed by atoms with Crippen LogP contribution in [0.2, 0.25) is 0 Å². The van der Waals surface area contributed by atoms with Gasteiger partial charge in [0.1, 0.15) is 6.10 Å². The van der Waals surface area contributed by atoms with E-state index in [4.69, 9.17) is 9.47 Å². The summed E-state index contributed by atoms with van der Waals surface area (Å²) < 4.78 is 11.1. The second kappa shape index (κ2) is 12.1. The van der Waals surface area contributed by atoms with Crippen molar-refractivity contribution in [2.24, 2.45) is 0 Å². The van der Waals surface area contributed by atoms with E-state index in [1.54, 1.807) is 7.11 Å². The summed E-state index contributed by atoms with van der Waals surface area (Å²) in [4.78, 5) is 14.6. The van der Waals surface area contributed by atoms with Crippen LogP contribution in [0, 0.1) is 0 Å². The number of methoxy groups -OCH3 is 1. The van der Waals surface area contributed by atoms with Gasteiger partial charge in [-0.1, -0.05) is 34.9 Å². The average molecular weight is 416 g/mol. The Morgan fingerprint density at radius 3 is 2.43 bits per heavy atom. The third-order valence-electron chi connectivity index (χ3n) is 6.09. The standard InChI is InChI=1S/C26H41NO3/c1-19(2)10-7-11-20(3)12-8-13-21(4)15-16-24-25(22(5)26(28)30-24)27-17-9-14-23(27)18-29-6/h10,12,15,23-24H,7-9,11,13-14,16-18H2,1-6H3/t23-,24?/m1/s1. The molecule has 0 aliphatic carbocycles. The van der Waals surface area contributed by atoms with Crippen LogP contribution in [0.25, 0.3) is 0 Å². The summed E-state index contributed by atoms with van der Waals surface area (Å²) in [6.07, 6.45) is 14.1. The molecule has 2 rings (SSSR count). The lowest BCUT2D eigenvalue weighted by Gasteiger charge is -2.30. The molecule has 0 bridgehead atoms. The van der Waals surface area contributed by atoms with E-state index in [0.717, 1.165) is 62.8 Å². The van der Waals surface area contributed by atoms with E-state index in [1.807, 2.05) is 6.92 Å². The van der Waals surface area contributed by atoms with Crippen LogP contribution in [-0.4, -0.2) is 43.3 Å². The summed E-state index contributed by atoms with van der Waals surface area (Å²) in [5, 5.41) is 0. The van der Waals surface area contributed by atoms with Crippen LogP contribution in [-0.2, 0) is 14.3 Å². The molecule has 4 nitrogen and oxygen atoms in total. The Kier molecular flexibility index (Phi) is 9.90. The molecule has 0 radical (unpaired) electrons. The summed E-state index contributed by atoms with van der Waals surface area (Å²) in [5.41, 5.74) is 6.06. The fourth-order valence-electron chi connectivity index (χ4n) is 4.35. The summed E-state index contributed by atoms with van der Waals surface area (Å²) in [6, 6.07) is 0.349. The van der Waals surface area contributed by atoms with Crippen molar-refractivity contribution in [1.29, 1.82) is 0 Å². The minimum Gasteiger partial charge on any atom is -0.452 e. The predicted octanol–water partition coefficient (Wildman–Crippen LogP) is 6.11. The zero-order chi connectivity index (χ0) is 22.1. The van der Waals surface area contributed by atoms with Gasteiger partial charge in [-0.2, -0.15) is 0 Å². The minimum absolute atomic E-state index is 0.161. The Morgan fingerprint density at radius 1 is 1.10 bits per heavy atom. The van der Waals surface area contributed by atoms with E-state index in [1.165, 1.54) is 16.7 Å². The SMILES string of the molecule is COC[C@H]1CCCN1C1=C(C)C(=O)OC1CC=C(C)CCC=C(C)CCC=C(C)C. The smallest absolute Gasteiger partial charge is 0.336 e. The third kappa shape index (κ3) is 7.16. The quantitative estimate of drug-likeness (QED) is 0.302. The van der Waals surface area contributed by atoms with Gasteiger partial charge in [0.25, 0.3) is 0 Å². The van der Waals surface area contributed by atoms with Crippen molar-refractivity contribution in [3.63, 3.8) is 0 Å². The van der Waals surface area contributed by atoms with Crippen LogP contribution in [0.5, 0.6) is 0 Å². The first-order valence-corrected chi connectivity index (χ1v) is 11.5. The third-order valence-corrected chi connectivity index (χ3v) is 6.09. The number of carbonyl (C=O) groups is 1. The molecule has 4 heteroatoms. The second-order valence-electron chi connectivity index (χ2n) is 9.04. The van der Waals surface area contributed by atoms with Gasteiger partial charge in [-0.15, -0.1) is 0 Å². The zero-order valence-corrected chi connectivity index (χ0v) is 19.9. The van der Waals surface area contributed by atoms with Gasteiger partial charge >= 0.3 is 5.97 Å². The number of hydrogen-bond donors (Lipinski definition) is 0. The Morgan fingerprint density at radius 2 is 1.77 bits per heavy atom. The molecule has 0 amide bonds.